The second-order valence-corrected chi connectivity index (χ2v) is 5.49. The van der Waals surface area contributed by atoms with Crippen LogP contribution in [0, 0.1) is 0 Å². The topological polar surface area (TPSA) is 30.9 Å². The molecule has 1 heterocycles. The molecule has 0 bridgehead atoms. The molecule has 1 aliphatic heterocycles. The normalized spacial score (nSPS) is 20.9. The van der Waals surface area contributed by atoms with Crippen LogP contribution in [0.15, 0.2) is 28.7 Å². The first-order chi connectivity index (χ1) is 9.22. The molecule has 0 aliphatic carbocycles. The number of nitrogens with zero attached hydrogens (tertiary/aromatic N) is 1. The molecule has 1 aliphatic rings. The Bertz CT molecular complexity index is 398. The Morgan fingerprint density at radius 3 is 2.89 bits per heavy atom. The Balaban J connectivity index is 1.97. The number of morpholine rings is 1. The molecule has 0 radical (unpaired) electrons. The average Bonchev–Trinajstić information content (AvgIpc) is 2.45. The third-order valence-electron chi connectivity index (χ3n) is 3.30. The van der Waals surface area contributed by atoms with Gasteiger partial charge in [0, 0.05) is 38.3 Å². The van der Waals surface area contributed by atoms with E-state index in [1.807, 2.05) is 12.1 Å². The van der Waals surface area contributed by atoms with E-state index < -0.39 is 0 Å². The standard InChI is InChI=1S/C14H20BrNO3/c1-17-14(18-2)10-16-6-7-19-13(9-16)11-4-3-5-12(15)8-11/h3-5,8,13-14H,6-7,9-10H2,1-2H3/t13-/m0/s1. The van der Waals surface area contributed by atoms with Crippen LogP contribution in [-0.2, 0) is 14.2 Å². The quantitative estimate of drug-likeness (QED) is 0.776. The molecular formula is C14H20BrNO3. The van der Waals surface area contributed by atoms with Gasteiger partial charge in [0.05, 0.1) is 12.7 Å². The maximum atomic E-state index is 5.85. The zero-order chi connectivity index (χ0) is 13.7. The van der Waals surface area contributed by atoms with E-state index in [-0.39, 0.29) is 12.4 Å². The molecule has 0 amide bonds. The number of rotatable bonds is 5. The van der Waals surface area contributed by atoms with E-state index >= 15 is 0 Å². The first-order valence-electron chi connectivity index (χ1n) is 6.38. The van der Waals surface area contributed by atoms with Gasteiger partial charge in [-0.3, -0.25) is 4.90 Å². The van der Waals surface area contributed by atoms with Gasteiger partial charge < -0.3 is 14.2 Å². The van der Waals surface area contributed by atoms with Crippen molar-refractivity contribution in [3.8, 4) is 0 Å². The van der Waals surface area contributed by atoms with Crippen LogP contribution in [0.1, 0.15) is 11.7 Å². The fourth-order valence-corrected chi connectivity index (χ4v) is 2.65. The lowest BCUT2D eigenvalue weighted by molar-refractivity contribution is -0.131. The first kappa shape index (κ1) is 14.9. The maximum Gasteiger partial charge on any atom is 0.169 e. The highest BCUT2D eigenvalue weighted by Crippen LogP contribution is 2.24. The summed E-state index contributed by atoms with van der Waals surface area (Å²) < 4.78 is 17.4. The number of ether oxygens (including phenoxy) is 3. The average molecular weight is 330 g/mol. The number of hydrogen-bond donors (Lipinski definition) is 0. The minimum Gasteiger partial charge on any atom is -0.371 e. The summed E-state index contributed by atoms with van der Waals surface area (Å²) in [6.07, 6.45) is -0.0677. The minimum absolute atomic E-state index is 0.112. The molecule has 1 aromatic rings. The van der Waals surface area contributed by atoms with E-state index in [4.69, 9.17) is 14.2 Å². The Morgan fingerprint density at radius 1 is 1.42 bits per heavy atom. The summed E-state index contributed by atoms with van der Waals surface area (Å²) in [6.45, 7) is 3.27. The van der Waals surface area contributed by atoms with E-state index in [1.165, 1.54) is 5.56 Å². The van der Waals surface area contributed by atoms with Gasteiger partial charge in [0.1, 0.15) is 0 Å². The van der Waals surface area contributed by atoms with Crippen LogP contribution >= 0.6 is 15.9 Å². The molecule has 0 N–H and O–H groups in total. The minimum atomic E-state index is -0.179. The van der Waals surface area contributed by atoms with Crippen molar-refractivity contribution in [1.29, 1.82) is 0 Å². The van der Waals surface area contributed by atoms with Crippen molar-refractivity contribution in [2.24, 2.45) is 0 Å². The lowest BCUT2D eigenvalue weighted by Gasteiger charge is -2.34. The third-order valence-corrected chi connectivity index (χ3v) is 3.80. The Hall–Kier alpha value is -0.460. The van der Waals surface area contributed by atoms with E-state index in [2.05, 4.69) is 33.0 Å². The zero-order valence-corrected chi connectivity index (χ0v) is 12.9. The van der Waals surface area contributed by atoms with Crippen molar-refractivity contribution >= 4 is 15.9 Å². The van der Waals surface area contributed by atoms with Crippen molar-refractivity contribution in [3.05, 3.63) is 34.3 Å². The Kier molecular flexibility index (Phi) is 5.78. The van der Waals surface area contributed by atoms with Gasteiger partial charge in [-0.25, -0.2) is 0 Å². The first-order valence-corrected chi connectivity index (χ1v) is 7.17. The number of methoxy groups -OCH3 is 2. The second kappa shape index (κ2) is 7.36. The molecule has 106 valence electrons. The number of benzene rings is 1. The molecule has 0 unspecified atom stereocenters. The van der Waals surface area contributed by atoms with Crippen LogP contribution in [0.4, 0.5) is 0 Å². The van der Waals surface area contributed by atoms with Gasteiger partial charge in [0.15, 0.2) is 6.29 Å². The second-order valence-electron chi connectivity index (χ2n) is 4.57. The van der Waals surface area contributed by atoms with Crippen molar-refractivity contribution in [2.75, 3.05) is 40.5 Å². The van der Waals surface area contributed by atoms with Crippen molar-refractivity contribution in [3.63, 3.8) is 0 Å². The van der Waals surface area contributed by atoms with Gasteiger partial charge in [-0.15, -0.1) is 0 Å². The van der Waals surface area contributed by atoms with Gasteiger partial charge >= 0.3 is 0 Å². The van der Waals surface area contributed by atoms with E-state index in [9.17, 15) is 0 Å². The molecule has 1 saturated heterocycles. The van der Waals surface area contributed by atoms with Crippen LogP contribution in [0.25, 0.3) is 0 Å². The summed E-state index contributed by atoms with van der Waals surface area (Å²) in [6, 6.07) is 8.27. The zero-order valence-electron chi connectivity index (χ0n) is 11.3. The molecule has 0 saturated carbocycles. The highest BCUT2D eigenvalue weighted by molar-refractivity contribution is 9.10. The smallest absolute Gasteiger partial charge is 0.169 e. The fraction of sp³-hybridized carbons (Fsp3) is 0.571. The van der Waals surface area contributed by atoms with E-state index in [0.717, 1.165) is 30.7 Å². The Morgan fingerprint density at radius 2 is 2.21 bits per heavy atom. The van der Waals surface area contributed by atoms with Gasteiger partial charge in [-0.05, 0) is 17.7 Å². The van der Waals surface area contributed by atoms with Crippen LogP contribution in [0.3, 0.4) is 0 Å². The van der Waals surface area contributed by atoms with Gasteiger partial charge in [-0.2, -0.15) is 0 Å². The number of hydrogen-bond acceptors (Lipinski definition) is 4. The molecule has 19 heavy (non-hydrogen) atoms. The van der Waals surface area contributed by atoms with E-state index in [0.29, 0.717) is 0 Å². The molecule has 2 rings (SSSR count). The van der Waals surface area contributed by atoms with Crippen molar-refractivity contribution in [2.45, 2.75) is 12.4 Å². The van der Waals surface area contributed by atoms with Crippen LogP contribution in [0.2, 0.25) is 0 Å². The summed E-state index contributed by atoms with van der Waals surface area (Å²) in [7, 11) is 3.33. The fourth-order valence-electron chi connectivity index (χ4n) is 2.23. The molecule has 0 aromatic heterocycles. The molecule has 1 fully saturated rings. The number of halogens is 1. The molecule has 1 aromatic carbocycles. The predicted octanol–water partition coefficient (Wildman–Crippen LogP) is 2.44. The molecule has 1 atom stereocenters. The van der Waals surface area contributed by atoms with Crippen molar-refractivity contribution < 1.29 is 14.2 Å². The van der Waals surface area contributed by atoms with E-state index in [1.54, 1.807) is 14.2 Å². The van der Waals surface area contributed by atoms with Crippen LogP contribution in [0.5, 0.6) is 0 Å². The Labute approximate surface area is 122 Å². The monoisotopic (exact) mass is 329 g/mol. The van der Waals surface area contributed by atoms with Crippen LogP contribution in [-0.4, -0.2) is 51.7 Å². The van der Waals surface area contributed by atoms with Gasteiger partial charge in [-0.1, -0.05) is 28.1 Å². The lowest BCUT2D eigenvalue weighted by Crippen LogP contribution is -2.43. The molecule has 0 spiro atoms. The van der Waals surface area contributed by atoms with Crippen LogP contribution < -0.4 is 0 Å². The summed E-state index contributed by atoms with van der Waals surface area (Å²) in [5.41, 5.74) is 1.20. The largest absolute Gasteiger partial charge is 0.371 e. The molecule has 5 heteroatoms. The highest BCUT2D eigenvalue weighted by Gasteiger charge is 2.24. The van der Waals surface area contributed by atoms with Gasteiger partial charge in [0.2, 0.25) is 0 Å². The lowest BCUT2D eigenvalue weighted by atomic mass is 10.1. The maximum absolute atomic E-state index is 5.85. The predicted molar refractivity (Wildman–Crippen MR) is 77.1 cm³/mol. The highest BCUT2D eigenvalue weighted by atomic mass is 79.9. The summed E-state index contributed by atoms with van der Waals surface area (Å²) in [5.74, 6) is 0. The third kappa shape index (κ3) is 4.26. The molecular weight excluding hydrogens is 310 g/mol. The SMILES string of the molecule is COC(CN1CCO[C@H](c2cccc(Br)c2)C1)OC. The molecule has 4 nitrogen and oxygen atoms in total. The summed E-state index contributed by atoms with van der Waals surface area (Å²) in [5, 5.41) is 0. The summed E-state index contributed by atoms with van der Waals surface area (Å²) >= 11 is 3.50. The van der Waals surface area contributed by atoms with Crippen molar-refractivity contribution in [1.82, 2.24) is 4.90 Å². The van der Waals surface area contributed by atoms with Gasteiger partial charge in [0.25, 0.3) is 0 Å². The summed E-state index contributed by atoms with van der Waals surface area (Å²) in [4.78, 5) is 2.31.